The second-order valence-electron chi connectivity index (χ2n) is 6.00. The van der Waals surface area contributed by atoms with Gasteiger partial charge in [-0.2, -0.15) is 15.0 Å². The smallest absolute Gasteiger partial charge is 0.230 e. The number of hydrogen-bond donors (Lipinski definition) is 1. The third-order valence-corrected chi connectivity index (χ3v) is 4.55. The van der Waals surface area contributed by atoms with Gasteiger partial charge in [0.15, 0.2) is 5.16 Å². The van der Waals surface area contributed by atoms with Gasteiger partial charge in [0, 0.05) is 32.8 Å². The minimum atomic E-state index is 0.379. The highest BCUT2D eigenvalue weighted by Gasteiger charge is 2.15. The molecule has 0 saturated heterocycles. The van der Waals surface area contributed by atoms with Crippen molar-refractivity contribution in [2.45, 2.75) is 42.4 Å². The number of rotatable bonds is 6. The molecule has 1 unspecified atom stereocenters. The van der Waals surface area contributed by atoms with Gasteiger partial charge in [-0.1, -0.05) is 12.2 Å². The number of anilines is 2. The molecule has 0 amide bonds. The molecule has 0 aliphatic heterocycles. The van der Waals surface area contributed by atoms with Crippen LogP contribution in [0.2, 0.25) is 0 Å². The second kappa shape index (κ2) is 8.24. The molecule has 1 N–H and O–H groups in total. The van der Waals surface area contributed by atoms with Gasteiger partial charge in [-0.15, -0.1) is 0 Å². The summed E-state index contributed by atoms with van der Waals surface area (Å²) < 4.78 is 0. The summed E-state index contributed by atoms with van der Waals surface area (Å²) in [4.78, 5) is 24.3. The lowest BCUT2D eigenvalue weighted by atomic mass is 9.93. The van der Waals surface area contributed by atoms with Crippen molar-refractivity contribution in [1.82, 2.24) is 24.9 Å². The molecule has 7 nitrogen and oxygen atoms in total. The molecule has 2 heterocycles. The molecule has 1 aliphatic carbocycles. The van der Waals surface area contributed by atoms with Crippen molar-refractivity contribution in [1.29, 1.82) is 0 Å². The SMILES string of the molecule is CCNc1nc(Sc2nccc(C3C=CCCC3)n2)nc(N(C)C)n1. The minimum absolute atomic E-state index is 0.379. The molecule has 132 valence electrons. The molecule has 25 heavy (non-hydrogen) atoms. The molecular formula is C17H23N7S. The van der Waals surface area contributed by atoms with Crippen molar-refractivity contribution < 1.29 is 0 Å². The number of nitrogens with one attached hydrogen (secondary N) is 1. The largest absolute Gasteiger partial charge is 0.354 e. The molecular weight excluding hydrogens is 334 g/mol. The predicted octanol–water partition coefficient (Wildman–Crippen LogP) is 3.13. The topological polar surface area (TPSA) is 79.7 Å². The van der Waals surface area contributed by atoms with Crippen LogP contribution in [0.1, 0.15) is 37.8 Å². The fourth-order valence-electron chi connectivity index (χ4n) is 2.58. The van der Waals surface area contributed by atoms with Crippen molar-refractivity contribution in [3.8, 4) is 0 Å². The van der Waals surface area contributed by atoms with Gasteiger partial charge in [-0.05, 0) is 44.0 Å². The first-order chi connectivity index (χ1) is 12.2. The number of hydrogen-bond acceptors (Lipinski definition) is 8. The van der Waals surface area contributed by atoms with E-state index in [0.29, 0.717) is 28.1 Å². The molecule has 0 aromatic carbocycles. The molecule has 0 bridgehead atoms. The Balaban J connectivity index is 1.84. The second-order valence-corrected chi connectivity index (χ2v) is 6.93. The Morgan fingerprint density at radius 2 is 2.08 bits per heavy atom. The average molecular weight is 357 g/mol. The number of allylic oxidation sites excluding steroid dienone is 2. The van der Waals surface area contributed by atoms with Crippen molar-refractivity contribution >= 4 is 23.7 Å². The standard InChI is InChI=1S/C17H23N7S/c1-4-18-14-21-15(24(2)3)23-17(22-14)25-16-19-11-10-13(20-16)12-8-6-5-7-9-12/h6,8,10-12H,4-5,7,9H2,1-3H3,(H,18,21,22,23). The van der Waals surface area contributed by atoms with E-state index in [1.807, 2.05) is 38.2 Å². The van der Waals surface area contributed by atoms with Crippen molar-refractivity contribution in [2.24, 2.45) is 0 Å². The van der Waals surface area contributed by atoms with E-state index >= 15 is 0 Å². The van der Waals surface area contributed by atoms with Crippen LogP contribution in [-0.4, -0.2) is 45.6 Å². The molecule has 2 aromatic heterocycles. The zero-order chi connectivity index (χ0) is 17.6. The van der Waals surface area contributed by atoms with Gasteiger partial charge < -0.3 is 10.2 Å². The molecule has 0 spiro atoms. The van der Waals surface area contributed by atoms with Gasteiger partial charge in [0.2, 0.25) is 17.1 Å². The Kier molecular flexibility index (Phi) is 5.80. The maximum Gasteiger partial charge on any atom is 0.230 e. The van der Waals surface area contributed by atoms with E-state index in [9.17, 15) is 0 Å². The van der Waals surface area contributed by atoms with E-state index in [-0.39, 0.29) is 0 Å². The summed E-state index contributed by atoms with van der Waals surface area (Å²) in [5.74, 6) is 1.55. The van der Waals surface area contributed by atoms with Crippen LogP contribution in [0.15, 0.2) is 34.7 Å². The first-order valence-electron chi connectivity index (χ1n) is 8.50. The summed E-state index contributed by atoms with van der Waals surface area (Å²) in [5, 5.41) is 4.39. The Bertz CT molecular complexity index is 748. The van der Waals surface area contributed by atoms with Gasteiger partial charge in [0.05, 0.1) is 5.69 Å². The quantitative estimate of drug-likeness (QED) is 0.624. The highest BCUT2D eigenvalue weighted by Crippen LogP contribution is 2.29. The molecule has 0 fully saturated rings. The fourth-order valence-corrected chi connectivity index (χ4v) is 3.27. The maximum absolute atomic E-state index is 4.71. The van der Waals surface area contributed by atoms with E-state index in [1.54, 1.807) is 0 Å². The highest BCUT2D eigenvalue weighted by atomic mass is 32.2. The highest BCUT2D eigenvalue weighted by molar-refractivity contribution is 7.99. The molecule has 1 aliphatic rings. The summed E-state index contributed by atoms with van der Waals surface area (Å²) in [6, 6.07) is 1.99. The van der Waals surface area contributed by atoms with Gasteiger partial charge in [-0.3, -0.25) is 0 Å². The molecule has 0 radical (unpaired) electrons. The molecule has 0 saturated carbocycles. The van der Waals surface area contributed by atoms with E-state index < -0.39 is 0 Å². The van der Waals surface area contributed by atoms with E-state index in [4.69, 9.17) is 4.98 Å². The van der Waals surface area contributed by atoms with Crippen LogP contribution in [-0.2, 0) is 0 Å². The van der Waals surface area contributed by atoms with Crippen molar-refractivity contribution in [3.63, 3.8) is 0 Å². The third kappa shape index (κ3) is 4.66. The maximum atomic E-state index is 4.71. The van der Waals surface area contributed by atoms with E-state index in [0.717, 1.165) is 25.1 Å². The summed E-state index contributed by atoms with van der Waals surface area (Å²) in [6.45, 7) is 2.76. The predicted molar refractivity (Wildman–Crippen MR) is 100 cm³/mol. The van der Waals surface area contributed by atoms with Gasteiger partial charge in [0.1, 0.15) is 0 Å². The summed E-state index contributed by atoms with van der Waals surface area (Å²) in [7, 11) is 3.82. The van der Waals surface area contributed by atoms with Crippen molar-refractivity contribution in [2.75, 3.05) is 30.9 Å². The van der Waals surface area contributed by atoms with Crippen LogP contribution >= 0.6 is 11.8 Å². The van der Waals surface area contributed by atoms with Crippen LogP contribution in [0, 0.1) is 0 Å². The Hall–Kier alpha value is -2.22. The van der Waals surface area contributed by atoms with E-state index in [2.05, 4.69) is 37.4 Å². The summed E-state index contributed by atoms with van der Waals surface area (Å²) in [6.07, 6.45) is 9.80. The fraction of sp³-hybridized carbons (Fsp3) is 0.471. The summed E-state index contributed by atoms with van der Waals surface area (Å²) in [5.41, 5.74) is 1.06. The third-order valence-electron chi connectivity index (χ3n) is 3.81. The zero-order valence-corrected chi connectivity index (χ0v) is 15.6. The lowest BCUT2D eigenvalue weighted by Crippen LogP contribution is -2.15. The molecule has 2 aromatic rings. The number of nitrogens with zero attached hydrogens (tertiary/aromatic N) is 6. The molecule has 3 rings (SSSR count). The van der Waals surface area contributed by atoms with Gasteiger partial charge in [-0.25, -0.2) is 9.97 Å². The number of aromatic nitrogens is 5. The lowest BCUT2D eigenvalue weighted by Gasteiger charge is -2.16. The van der Waals surface area contributed by atoms with Gasteiger partial charge in [0.25, 0.3) is 0 Å². The van der Waals surface area contributed by atoms with Crippen LogP contribution in [0.3, 0.4) is 0 Å². The van der Waals surface area contributed by atoms with Crippen LogP contribution in [0.5, 0.6) is 0 Å². The normalized spacial score (nSPS) is 16.7. The monoisotopic (exact) mass is 357 g/mol. The molecule has 8 heteroatoms. The van der Waals surface area contributed by atoms with Crippen LogP contribution in [0.4, 0.5) is 11.9 Å². The first kappa shape index (κ1) is 17.6. The van der Waals surface area contributed by atoms with Crippen LogP contribution in [0.25, 0.3) is 0 Å². The Morgan fingerprint density at radius 3 is 2.80 bits per heavy atom. The first-order valence-corrected chi connectivity index (χ1v) is 9.32. The summed E-state index contributed by atoms with van der Waals surface area (Å²) >= 11 is 1.36. The average Bonchev–Trinajstić information content (AvgIpc) is 2.63. The zero-order valence-electron chi connectivity index (χ0n) is 14.8. The lowest BCUT2D eigenvalue weighted by molar-refractivity contribution is 0.632. The van der Waals surface area contributed by atoms with Crippen LogP contribution < -0.4 is 10.2 Å². The Morgan fingerprint density at radius 1 is 1.20 bits per heavy atom. The van der Waals surface area contributed by atoms with Crippen molar-refractivity contribution in [3.05, 3.63) is 30.1 Å². The van der Waals surface area contributed by atoms with Gasteiger partial charge >= 0.3 is 0 Å². The Labute approximate surface area is 152 Å². The minimum Gasteiger partial charge on any atom is -0.354 e. The molecule has 1 atom stereocenters. The van der Waals surface area contributed by atoms with E-state index in [1.165, 1.54) is 18.2 Å².